The minimum atomic E-state index is -0.373. The average Bonchev–Trinajstić information content (AvgIpc) is 3.02. The van der Waals surface area contributed by atoms with Crippen LogP contribution >= 0.6 is 23.4 Å². The molecule has 0 aromatic heterocycles. The molecule has 3 aromatic rings. The zero-order valence-electron chi connectivity index (χ0n) is 16.3. The van der Waals surface area contributed by atoms with Crippen molar-refractivity contribution in [2.45, 2.75) is 13.2 Å². The van der Waals surface area contributed by atoms with E-state index in [2.05, 4.69) is 0 Å². The van der Waals surface area contributed by atoms with Crippen LogP contribution in [0.15, 0.2) is 77.7 Å². The van der Waals surface area contributed by atoms with E-state index < -0.39 is 0 Å². The highest BCUT2D eigenvalue weighted by Gasteiger charge is 2.34. The molecule has 0 atom stereocenters. The number of imide groups is 1. The van der Waals surface area contributed by atoms with Crippen LogP contribution in [0.1, 0.15) is 16.7 Å². The molecular formula is C24H17ClFNO3S. The van der Waals surface area contributed by atoms with E-state index in [1.807, 2.05) is 36.4 Å². The van der Waals surface area contributed by atoms with Gasteiger partial charge in [-0.2, -0.15) is 0 Å². The monoisotopic (exact) mass is 453 g/mol. The Morgan fingerprint density at radius 3 is 2.55 bits per heavy atom. The molecule has 0 bridgehead atoms. The van der Waals surface area contributed by atoms with Gasteiger partial charge in [0.1, 0.15) is 18.2 Å². The van der Waals surface area contributed by atoms with Crippen molar-refractivity contribution in [3.05, 3.63) is 105 Å². The van der Waals surface area contributed by atoms with Crippen molar-refractivity contribution >= 4 is 40.6 Å². The van der Waals surface area contributed by atoms with Gasteiger partial charge in [-0.25, -0.2) is 4.39 Å². The minimum absolute atomic E-state index is 0.100. The van der Waals surface area contributed by atoms with E-state index in [4.69, 9.17) is 16.3 Å². The molecule has 156 valence electrons. The highest BCUT2D eigenvalue weighted by Crippen LogP contribution is 2.33. The lowest BCUT2D eigenvalue weighted by molar-refractivity contribution is -0.123. The number of rotatable bonds is 6. The van der Waals surface area contributed by atoms with Crippen molar-refractivity contribution in [2.75, 3.05) is 0 Å². The van der Waals surface area contributed by atoms with Crippen molar-refractivity contribution in [3.8, 4) is 5.75 Å². The second-order valence-electron chi connectivity index (χ2n) is 6.85. The van der Waals surface area contributed by atoms with Gasteiger partial charge in [0.15, 0.2) is 0 Å². The van der Waals surface area contributed by atoms with Gasteiger partial charge in [-0.1, -0.05) is 54.1 Å². The van der Waals surface area contributed by atoms with Crippen LogP contribution in [-0.2, 0) is 17.9 Å². The standard InChI is InChI=1S/C24H17ClFNO3S/c25-21-7-2-1-5-18(21)15-30-20-6-3-4-17(12-20)13-22-23(28)27(24(29)31-22)14-16-8-10-19(26)11-9-16/h1-13H,14-15H2/b22-13-. The number of amides is 2. The first-order valence-corrected chi connectivity index (χ1v) is 10.6. The third-order valence-corrected chi connectivity index (χ3v) is 5.91. The highest BCUT2D eigenvalue weighted by atomic mass is 35.5. The van der Waals surface area contributed by atoms with Gasteiger partial charge in [-0.15, -0.1) is 0 Å². The van der Waals surface area contributed by atoms with Crippen molar-refractivity contribution in [3.63, 3.8) is 0 Å². The number of ether oxygens (including phenoxy) is 1. The zero-order valence-corrected chi connectivity index (χ0v) is 17.8. The van der Waals surface area contributed by atoms with Crippen LogP contribution in [0.3, 0.4) is 0 Å². The van der Waals surface area contributed by atoms with Gasteiger partial charge < -0.3 is 4.74 Å². The molecule has 31 heavy (non-hydrogen) atoms. The Kier molecular flexibility index (Phi) is 6.39. The molecule has 1 saturated heterocycles. The molecular weight excluding hydrogens is 437 g/mol. The van der Waals surface area contributed by atoms with Crippen molar-refractivity contribution in [1.29, 1.82) is 0 Å². The molecule has 4 nitrogen and oxygen atoms in total. The van der Waals surface area contributed by atoms with Gasteiger partial charge in [-0.3, -0.25) is 14.5 Å². The second kappa shape index (κ2) is 9.37. The molecule has 1 fully saturated rings. The smallest absolute Gasteiger partial charge is 0.293 e. The minimum Gasteiger partial charge on any atom is -0.489 e. The maximum Gasteiger partial charge on any atom is 0.293 e. The highest BCUT2D eigenvalue weighted by molar-refractivity contribution is 8.18. The summed E-state index contributed by atoms with van der Waals surface area (Å²) in [7, 11) is 0. The normalized spacial score (nSPS) is 15.0. The first-order chi connectivity index (χ1) is 15.0. The van der Waals surface area contributed by atoms with Gasteiger partial charge >= 0.3 is 0 Å². The number of benzene rings is 3. The Morgan fingerprint density at radius 1 is 1.00 bits per heavy atom. The number of thioether (sulfide) groups is 1. The van der Waals surface area contributed by atoms with Crippen LogP contribution < -0.4 is 4.74 Å². The molecule has 1 aliphatic rings. The molecule has 0 N–H and O–H groups in total. The molecule has 0 radical (unpaired) electrons. The third kappa shape index (κ3) is 5.16. The maximum absolute atomic E-state index is 13.1. The zero-order chi connectivity index (χ0) is 21.8. The van der Waals surface area contributed by atoms with Gasteiger partial charge in [0.05, 0.1) is 11.4 Å². The first-order valence-electron chi connectivity index (χ1n) is 9.46. The van der Waals surface area contributed by atoms with E-state index >= 15 is 0 Å². The number of carbonyl (C=O) groups excluding carboxylic acids is 2. The molecule has 2 amide bonds. The van der Waals surface area contributed by atoms with Gasteiger partial charge in [0.25, 0.3) is 11.1 Å². The number of nitrogens with zero attached hydrogens (tertiary/aromatic N) is 1. The van der Waals surface area contributed by atoms with Crippen LogP contribution in [0.4, 0.5) is 9.18 Å². The summed E-state index contributed by atoms with van der Waals surface area (Å²) in [5.74, 6) is -0.115. The lowest BCUT2D eigenvalue weighted by Crippen LogP contribution is -2.27. The molecule has 0 aliphatic carbocycles. The summed E-state index contributed by atoms with van der Waals surface area (Å²) in [4.78, 5) is 26.5. The van der Waals surface area contributed by atoms with E-state index in [1.54, 1.807) is 30.3 Å². The molecule has 1 heterocycles. The topological polar surface area (TPSA) is 46.6 Å². The lowest BCUT2D eigenvalue weighted by atomic mass is 10.2. The second-order valence-corrected chi connectivity index (χ2v) is 8.25. The fourth-order valence-electron chi connectivity index (χ4n) is 3.03. The maximum atomic E-state index is 13.1. The summed E-state index contributed by atoms with van der Waals surface area (Å²) in [6, 6.07) is 20.4. The number of carbonyl (C=O) groups is 2. The summed E-state index contributed by atoms with van der Waals surface area (Å²) in [5.41, 5.74) is 2.29. The summed E-state index contributed by atoms with van der Waals surface area (Å²) < 4.78 is 18.9. The Labute approximate surface area is 188 Å². The summed E-state index contributed by atoms with van der Waals surface area (Å²) >= 11 is 7.04. The number of halogens is 2. The number of hydrogen-bond acceptors (Lipinski definition) is 4. The molecule has 3 aromatic carbocycles. The lowest BCUT2D eigenvalue weighted by Gasteiger charge is -2.12. The van der Waals surface area contributed by atoms with Crippen LogP contribution in [0.25, 0.3) is 6.08 Å². The van der Waals surface area contributed by atoms with Crippen molar-refractivity contribution in [2.24, 2.45) is 0 Å². The van der Waals surface area contributed by atoms with Crippen LogP contribution in [-0.4, -0.2) is 16.0 Å². The van der Waals surface area contributed by atoms with Crippen LogP contribution in [0.2, 0.25) is 5.02 Å². The van der Waals surface area contributed by atoms with Crippen LogP contribution in [0.5, 0.6) is 5.75 Å². The third-order valence-electron chi connectivity index (χ3n) is 4.64. The van der Waals surface area contributed by atoms with Gasteiger partial charge in [0, 0.05) is 10.6 Å². The van der Waals surface area contributed by atoms with Crippen LogP contribution in [0, 0.1) is 5.82 Å². The predicted octanol–water partition coefficient (Wildman–Crippen LogP) is 6.29. The van der Waals surface area contributed by atoms with Gasteiger partial charge in [-0.05, 0) is 59.3 Å². The fraction of sp³-hybridized carbons (Fsp3) is 0.0833. The van der Waals surface area contributed by atoms with E-state index in [1.165, 1.54) is 12.1 Å². The summed E-state index contributed by atoms with van der Waals surface area (Å²) in [6.07, 6.45) is 1.66. The Hall–Kier alpha value is -3.09. The van der Waals surface area contributed by atoms with E-state index in [0.29, 0.717) is 27.8 Å². The molecule has 0 spiro atoms. The first kappa shape index (κ1) is 21.2. The fourth-order valence-corrected chi connectivity index (χ4v) is 4.06. The molecule has 0 saturated carbocycles. The van der Waals surface area contributed by atoms with Crippen molar-refractivity contribution in [1.82, 2.24) is 4.90 Å². The summed E-state index contributed by atoms with van der Waals surface area (Å²) in [5, 5.41) is 0.278. The molecule has 0 unspecified atom stereocenters. The Morgan fingerprint density at radius 2 is 1.77 bits per heavy atom. The van der Waals surface area contributed by atoms with E-state index in [0.717, 1.165) is 27.8 Å². The van der Waals surface area contributed by atoms with Crippen molar-refractivity contribution < 1.29 is 18.7 Å². The molecule has 4 rings (SSSR count). The van der Waals surface area contributed by atoms with Gasteiger partial charge in [0.2, 0.25) is 0 Å². The average molecular weight is 454 g/mol. The Balaban J connectivity index is 1.46. The quantitative estimate of drug-likeness (QED) is 0.411. The van der Waals surface area contributed by atoms with E-state index in [9.17, 15) is 14.0 Å². The Bertz CT molecular complexity index is 1160. The number of hydrogen-bond donors (Lipinski definition) is 0. The SMILES string of the molecule is O=C1S/C(=C\c2cccc(OCc3ccccc3Cl)c2)C(=O)N1Cc1ccc(F)cc1. The van der Waals surface area contributed by atoms with E-state index in [-0.39, 0.29) is 23.5 Å². The molecule has 1 aliphatic heterocycles. The molecule has 7 heteroatoms. The summed E-state index contributed by atoms with van der Waals surface area (Å²) in [6.45, 7) is 0.417. The largest absolute Gasteiger partial charge is 0.489 e. The predicted molar refractivity (Wildman–Crippen MR) is 120 cm³/mol.